The summed E-state index contributed by atoms with van der Waals surface area (Å²) < 4.78 is 0. The average molecular weight is 491 g/mol. The minimum absolute atomic E-state index is 0.131. The number of carbonyl (C=O) groups excluding carboxylic acids is 2. The molecule has 0 saturated heterocycles. The summed E-state index contributed by atoms with van der Waals surface area (Å²) >= 11 is 0. The SMILES string of the molecule is CC(C)C(OO)(c1ccccc1)C(C)(C)C(=O)c1cccc(C(=O)CC(C)(OO)c2ccccc2)c1. The van der Waals surface area contributed by atoms with Gasteiger partial charge in [-0.15, -0.1) is 0 Å². The summed E-state index contributed by atoms with van der Waals surface area (Å²) in [5.74, 6) is -0.839. The van der Waals surface area contributed by atoms with Gasteiger partial charge in [-0.05, 0) is 43.9 Å². The smallest absolute Gasteiger partial charge is 0.171 e. The maximum Gasteiger partial charge on any atom is 0.171 e. The average Bonchev–Trinajstić information content (AvgIpc) is 2.89. The molecule has 6 nitrogen and oxygen atoms in total. The lowest BCUT2D eigenvalue weighted by Gasteiger charge is -2.46. The van der Waals surface area contributed by atoms with Crippen molar-refractivity contribution in [2.75, 3.05) is 0 Å². The van der Waals surface area contributed by atoms with E-state index in [9.17, 15) is 20.1 Å². The van der Waals surface area contributed by atoms with Gasteiger partial charge in [-0.25, -0.2) is 9.78 Å². The molecule has 0 spiro atoms. The highest BCUT2D eigenvalue weighted by atomic mass is 17.1. The predicted octanol–water partition coefficient (Wildman–Crippen LogP) is 6.91. The Morgan fingerprint density at radius 1 is 0.750 bits per heavy atom. The minimum Gasteiger partial charge on any atom is -0.294 e. The highest BCUT2D eigenvalue weighted by Crippen LogP contribution is 2.49. The first-order chi connectivity index (χ1) is 17.0. The van der Waals surface area contributed by atoms with Crippen molar-refractivity contribution in [1.29, 1.82) is 0 Å². The summed E-state index contributed by atoms with van der Waals surface area (Å²) in [7, 11) is 0. The summed E-state index contributed by atoms with van der Waals surface area (Å²) in [5.41, 5.74) is -1.83. The van der Waals surface area contributed by atoms with Gasteiger partial charge in [-0.3, -0.25) is 20.1 Å². The zero-order valence-corrected chi connectivity index (χ0v) is 21.4. The Labute approximate surface area is 212 Å². The lowest BCUT2D eigenvalue weighted by molar-refractivity contribution is -0.364. The Balaban J connectivity index is 1.97. The maximum absolute atomic E-state index is 13.9. The van der Waals surface area contributed by atoms with E-state index in [1.807, 2.05) is 50.2 Å². The summed E-state index contributed by atoms with van der Waals surface area (Å²) in [6, 6.07) is 24.6. The molecule has 0 radical (unpaired) electrons. The number of hydrogen-bond acceptors (Lipinski definition) is 6. The molecule has 0 heterocycles. The molecule has 36 heavy (non-hydrogen) atoms. The van der Waals surface area contributed by atoms with Gasteiger partial charge in [-0.1, -0.05) is 92.7 Å². The van der Waals surface area contributed by atoms with Gasteiger partial charge < -0.3 is 0 Å². The van der Waals surface area contributed by atoms with Crippen LogP contribution in [0, 0.1) is 11.3 Å². The molecule has 3 rings (SSSR count). The van der Waals surface area contributed by atoms with Gasteiger partial charge in [0, 0.05) is 17.5 Å². The second-order valence-corrected chi connectivity index (χ2v) is 10.2. The first-order valence-electron chi connectivity index (χ1n) is 12.0. The number of hydrogen-bond donors (Lipinski definition) is 2. The van der Waals surface area contributed by atoms with Crippen molar-refractivity contribution in [1.82, 2.24) is 0 Å². The summed E-state index contributed by atoms with van der Waals surface area (Å²) in [6.45, 7) is 8.88. The zero-order valence-electron chi connectivity index (χ0n) is 21.4. The van der Waals surface area contributed by atoms with Crippen LogP contribution in [0.4, 0.5) is 0 Å². The van der Waals surface area contributed by atoms with Crippen LogP contribution in [-0.2, 0) is 21.0 Å². The van der Waals surface area contributed by atoms with Gasteiger partial charge in [0.05, 0.1) is 5.41 Å². The molecule has 0 amide bonds. The summed E-state index contributed by atoms with van der Waals surface area (Å²) in [6.07, 6.45) is -0.131. The van der Waals surface area contributed by atoms with E-state index in [1.54, 1.807) is 69.3 Å². The van der Waals surface area contributed by atoms with Gasteiger partial charge in [-0.2, -0.15) is 0 Å². The molecule has 2 unspecified atom stereocenters. The number of ketones is 2. The van der Waals surface area contributed by atoms with Crippen molar-refractivity contribution in [3.05, 3.63) is 107 Å². The van der Waals surface area contributed by atoms with Crippen molar-refractivity contribution >= 4 is 11.6 Å². The van der Waals surface area contributed by atoms with Crippen LogP contribution in [0.3, 0.4) is 0 Å². The molecule has 0 bridgehead atoms. The van der Waals surface area contributed by atoms with Crippen molar-refractivity contribution in [3.8, 4) is 0 Å². The molecule has 190 valence electrons. The van der Waals surface area contributed by atoms with Crippen molar-refractivity contribution in [2.24, 2.45) is 11.3 Å². The molecule has 6 heteroatoms. The highest BCUT2D eigenvalue weighted by Gasteiger charge is 2.55. The van der Waals surface area contributed by atoms with Gasteiger partial charge in [0.1, 0.15) is 11.2 Å². The fraction of sp³-hybridized carbons (Fsp3) is 0.333. The lowest BCUT2D eigenvalue weighted by atomic mass is 9.62. The zero-order chi connectivity index (χ0) is 26.6. The minimum atomic E-state index is -1.33. The molecule has 0 aliphatic carbocycles. The fourth-order valence-corrected chi connectivity index (χ4v) is 5.12. The largest absolute Gasteiger partial charge is 0.294 e. The first kappa shape index (κ1) is 27.4. The van der Waals surface area contributed by atoms with Crippen LogP contribution >= 0.6 is 0 Å². The molecule has 2 N–H and O–H groups in total. The highest BCUT2D eigenvalue weighted by molar-refractivity contribution is 6.04. The van der Waals surface area contributed by atoms with Crippen LogP contribution in [0.5, 0.6) is 0 Å². The van der Waals surface area contributed by atoms with Crippen LogP contribution in [0.1, 0.15) is 72.9 Å². The van der Waals surface area contributed by atoms with Gasteiger partial charge in [0.2, 0.25) is 0 Å². The normalized spacial score (nSPS) is 15.2. The molecule has 0 aliphatic heterocycles. The second kappa shape index (κ2) is 10.8. The van der Waals surface area contributed by atoms with E-state index in [-0.39, 0.29) is 23.9 Å². The molecular formula is C30H34O6. The number of Topliss-reactive ketones (excluding diaryl/α,β-unsaturated/α-hetero) is 2. The Bertz CT molecular complexity index is 1190. The number of benzene rings is 3. The molecule has 2 atom stereocenters. The maximum atomic E-state index is 13.9. The van der Waals surface area contributed by atoms with Crippen molar-refractivity contribution in [2.45, 2.75) is 52.2 Å². The van der Waals surface area contributed by atoms with E-state index in [4.69, 9.17) is 9.78 Å². The van der Waals surface area contributed by atoms with E-state index < -0.39 is 16.6 Å². The van der Waals surface area contributed by atoms with Crippen molar-refractivity contribution in [3.63, 3.8) is 0 Å². The lowest BCUT2D eigenvalue weighted by Crippen LogP contribution is -2.52. The third-order valence-electron chi connectivity index (χ3n) is 7.19. The van der Waals surface area contributed by atoms with E-state index in [0.717, 1.165) is 0 Å². The summed E-state index contributed by atoms with van der Waals surface area (Å²) in [4.78, 5) is 37.1. The summed E-state index contributed by atoms with van der Waals surface area (Å²) in [5, 5.41) is 19.8. The molecule has 3 aromatic carbocycles. The third kappa shape index (κ3) is 4.90. The van der Waals surface area contributed by atoms with Crippen LogP contribution in [0.2, 0.25) is 0 Å². The van der Waals surface area contributed by atoms with E-state index in [1.165, 1.54) is 0 Å². The van der Waals surface area contributed by atoms with Crippen LogP contribution in [-0.4, -0.2) is 22.1 Å². The van der Waals surface area contributed by atoms with Crippen molar-refractivity contribution < 1.29 is 29.9 Å². The van der Waals surface area contributed by atoms with E-state index in [0.29, 0.717) is 22.3 Å². The van der Waals surface area contributed by atoms with Crippen LogP contribution < -0.4 is 0 Å². The molecule has 0 fully saturated rings. The van der Waals surface area contributed by atoms with E-state index in [2.05, 4.69) is 0 Å². The molecule has 0 aliphatic rings. The quantitative estimate of drug-likeness (QED) is 0.172. The molecule has 0 saturated carbocycles. The Kier molecular flexibility index (Phi) is 8.26. The monoisotopic (exact) mass is 490 g/mol. The molecular weight excluding hydrogens is 456 g/mol. The Hall–Kier alpha value is -3.16. The second-order valence-electron chi connectivity index (χ2n) is 10.2. The van der Waals surface area contributed by atoms with Crippen LogP contribution in [0.25, 0.3) is 0 Å². The first-order valence-corrected chi connectivity index (χ1v) is 12.0. The Morgan fingerprint density at radius 2 is 1.28 bits per heavy atom. The standard InChI is InChI=1S/C30H34O6/c1-21(2)30(36-34,25-17-10-7-11-18-25)28(3,4)27(32)23-14-12-13-22(19-23)26(31)20-29(5,35-33)24-15-8-6-9-16-24/h6-19,21,33-34H,20H2,1-5H3. The molecule has 3 aromatic rings. The van der Waals surface area contributed by atoms with Crippen LogP contribution in [0.15, 0.2) is 84.9 Å². The Morgan fingerprint density at radius 3 is 1.78 bits per heavy atom. The van der Waals surface area contributed by atoms with E-state index >= 15 is 0 Å². The number of rotatable bonds is 11. The topological polar surface area (TPSA) is 93.1 Å². The predicted molar refractivity (Wildman–Crippen MR) is 138 cm³/mol. The third-order valence-corrected chi connectivity index (χ3v) is 7.19. The van der Waals surface area contributed by atoms with Gasteiger partial charge >= 0.3 is 0 Å². The van der Waals surface area contributed by atoms with Gasteiger partial charge in [0.15, 0.2) is 11.6 Å². The molecule has 0 aromatic heterocycles. The van der Waals surface area contributed by atoms with Gasteiger partial charge in [0.25, 0.3) is 0 Å². The fourth-order valence-electron chi connectivity index (χ4n) is 5.12. The number of carbonyl (C=O) groups is 2.